The highest BCUT2D eigenvalue weighted by atomic mass is 16.4. The van der Waals surface area contributed by atoms with Gasteiger partial charge in [-0.3, -0.25) is 15.6 Å². The van der Waals surface area contributed by atoms with E-state index in [9.17, 15) is 19.5 Å². The van der Waals surface area contributed by atoms with E-state index in [4.69, 9.17) is 5.73 Å². The Labute approximate surface area is 217 Å². The summed E-state index contributed by atoms with van der Waals surface area (Å²) in [6, 6.07) is 24.3. The van der Waals surface area contributed by atoms with Gasteiger partial charge in [0.1, 0.15) is 5.82 Å². The maximum atomic E-state index is 13.3. The Balaban J connectivity index is 1.70. The Bertz CT molecular complexity index is 1610. The SMILES string of the molecule is CC1=C(C(=O)O)C(c2ccccc2)c2c(NNC(=O)c3ccc(N)cc3)nc(=O)n(-c3ccccc3)c2N1. The molecule has 1 amide bonds. The molecule has 1 aliphatic heterocycles. The number of carbonyl (C=O) groups is 2. The van der Waals surface area contributed by atoms with Gasteiger partial charge in [0, 0.05) is 22.5 Å². The lowest BCUT2D eigenvalue weighted by Gasteiger charge is -2.32. The Hall–Kier alpha value is -5.38. The zero-order chi connectivity index (χ0) is 26.8. The van der Waals surface area contributed by atoms with E-state index in [1.165, 1.54) is 4.57 Å². The van der Waals surface area contributed by atoms with Gasteiger partial charge >= 0.3 is 11.7 Å². The van der Waals surface area contributed by atoms with Gasteiger partial charge in [0.25, 0.3) is 5.91 Å². The molecule has 1 atom stereocenters. The first-order valence-electron chi connectivity index (χ1n) is 11.8. The molecule has 10 nitrogen and oxygen atoms in total. The van der Waals surface area contributed by atoms with E-state index >= 15 is 0 Å². The Morgan fingerprint density at radius 1 is 0.974 bits per heavy atom. The summed E-state index contributed by atoms with van der Waals surface area (Å²) in [5.74, 6) is -2.05. The number of hydrogen-bond donors (Lipinski definition) is 5. The fourth-order valence-electron chi connectivity index (χ4n) is 4.53. The van der Waals surface area contributed by atoms with Gasteiger partial charge in [-0.25, -0.2) is 14.2 Å². The quantitative estimate of drug-likeness (QED) is 0.196. The van der Waals surface area contributed by atoms with Crippen LogP contribution in [0.5, 0.6) is 0 Å². The predicted molar refractivity (Wildman–Crippen MR) is 144 cm³/mol. The van der Waals surface area contributed by atoms with E-state index in [0.717, 1.165) is 0 Å². The average Bonchev–Trinajstić information content (AvgIpc) is 2.92. The van der Waals surface area contributed by atoms with Crippen LogP contribution in [0.3, 0.4) is 0 Å². The maximum Gasteiger partial charge on any atom is 0.355 e. The molecule has 0 fully saturated rings. The van der Waals surface area contributed by atoms with Crippen molar-refractivity contribution < 1.29 is 14.7 Å². The largest absolute Gasteiger partial charge is 0.478 e. The second-order valence-corrected chi connectivity index (χ2v) is 8.69. The summed E-state index contributed by atoms with van der Waals surface area (Å²) in [7, 11) is 0. The lowest BCUT2D eigenvalue weighted by atomic mass is 9.82. The number of carboxylic acid groups (broad SMARTS) is 1. The van der Waals surface area contributed by atoms with Crippen molar-refractivity contribution in [1.82, 2.24) is 15.0 Å². The van der Waals surface area contributed by atoms with Crippen molar-refractivity contribution in [2.75, 3.05) is 16.5 Å². The molecule has 6 N–H and O–H groups in total. The molecule has 2 heterocycles. The molecular formula is C28H24N6O4. The normalized spacial score (nSPS) is 14.3. The van der Waals surface area contributed by atoms with Crippen LogP contribution in [0, 0.1) is 0 Å². The van der Waals surface area contributed by atoms with Crippen molar-refractivity contribution in [3.63, 3.8) is 0 Å². The summed E-state index contributed by atoms with van der Waals surface area (Å²) in [6.07, 6.45) is 0. The van der Waals surface area contributed by atoms with Crippen molar-refractivity contribution in [1.29, 1.82) is 0 Å². The van der Waals surface area contributed by atoms with Crippen LogP contribution < -0.4 is 27.6 Å². The van der Waals surface area contributed by atoms with E-state index in [-0.39, 0.29) is 11.4 Å². The molecule has 0 saturated carbocycles. The zero-order valence-corrected chi connectivity index (χ0v) is 20.3. The number of nitrogens with two attached hydrogens (primary N) is 1. The number of allylic oxidation sites excluding steroid dienone is 1. The van der Waals surface area contributed by atoms with Gasteiger partial charge in [0.05, 0.1) is 17.2 Å². The highest BCUT2D eigenvalue weighted by Crippen LogP contribution is 2.44. The molecular weight excluding hydrogens is 484 g/mol. The number of carboxylic acids is 1. The topological polar surface area (TPSA) is 151 Å². The van der Waals surface area contributed by atoms with Crippen molar-refractivity contribution in [2.45, 2.75) is 12.8 Å². The van der Waals surface area contributed by atoms with E-state index in [0.29, 0.717) is 39.6 Å². The number of nitrogens with one attached hydrogen (secondary N) is 3. The molecule has 1 aromatic heterocycles. The first-order valence-corrected chi connectivity index (χ1v) is 11.8. The number of para-hydroxylation sites is 1. The van der Waals surface area contributed by atoms with Gasteiger partial charge in [-0.15, -0.1) is 0 Å². The number of nitrogen functional groups attached to an aromatic ring is 1. The van der Waals surface area contributed by atoms with Gasteiger partial charge in [0.2, 0.25) is 0 Å². The van der Waals surface area contributed by atoms with Gasteiger partial charge in [0.15, 0.2) is 5.82 Å². The molecule has 5 rings (SSSR count). The van der Waals surface area contributed by atoms with Crippen LogP contribution in [-0.2, 0) is 4.79 Å². The summed E-state index contributed by atoms with van der Waals surface area (Å²) in [5.41, 5.74) is 13.4. The molecule has 1 unspecified atom stereocenters. The molecule has 4 aromatic rings. The van der Waals surface area contributed by atoms with Crippen molar-refractivity contribution in [3.8, 4) is 5.69 Å². The van der Waals surface area contributed by atoms with Crippen LogP contribution in [0.4, 0.5) is 17.3 Å². The number of carbonyl (C=O) groups excluding carboxylic acids is 1. The fourth-order valence-corrected chi connectivity index (χ4v) is 4.53. The molecule has 0 radical (unpaired) electrons. The van der Waals surface area contributed by atoms with Crippen LogP contribution in [0.25, 0.3) is 5.69 Å². The number of hydrogen-bond acceptors (Lipinski definition) is 7. The minimum absolute atomic E-state index is 0.0218. The lowest BCUT2D eigenvalue weighted by Crippen LogP contribution is -2.36. The number of nitrogens with zero attached hydrogens (tertiary/aromatic N) is 2. The third kappa shape index (κ3) is 4.46. The lowest BCUT2D eigenvalue weighted by molar-refractivity contribution is -0.133. The predicted octanol–water partition coefficient (Wildman–Crippen LogP) is 3.49. The summed E-state index contributed by atoms with van der Waals surface area (Å²) in [6.45, 7) is 1.65. The Morgan fingerprint density at radius 3 is 2.24 bits per heavy atom. The second-order valence-electron chi connectivity index (χ2n) is 8.69. The second kappa shape index (κ2) is 9.94. The molecule has 0 spiro atoms. The van der Waals surface area contributed by atoms with E-state index in [2.05, 4.69) is 21.2 Å². The highest BCUT2D eigenvalue weighted by molar-refractivity contribution is 5.96. The number of anilines is 3. The monoisotopic (exact) mass is 508 g/mol. The summed E-state index contributed by atoms with van der Waals surface area (Å²) in [4.78, 5) is 42.9. The van der Waals surface area contributed by atoms with E-state index < -0.39 is 23.5 Å². The molecule has 190 valence electrons. The van der Waals surface area contributed by atoms with E-state index in [1.807, 2.05) is 36.4 Å². The highest BCUT2D eigenvalue weighted by Gasteiger charge is 2.37. The molecule has 3 aromatic carbocycles. The van der Waals surface area contributed by atoms with Crippen LogP contribution in [0.2, 0.25) is 0 Å². The number of fused-ring (bicyclic) bond motifs is 1. The van der Waals surface area contributed by atoms with Crippen LogP contribution >= 0.6 is 0 Å². The standard InChI is InChI=1S/C28H24N6O4/c1-16-21(27(36)37)22(17-8-4-2-5-9-17)23-24(32-33-26(35)18-12-14-19(29)15-13-18)31-28(38)34(25(23)30-16)20-10-6-3-7-11-20/h2-15,22,30H,29H2,1H3,(H,33,35)(H,36,37)(H,31,32,38). The Kier molecular flexibility index (Phi) is 6.36. The van der Waals surface area contributed by atoms with Crippen molar-refractivity contribution in [2.24, 2.45) is 0 Å². The van der Waals surface area contributed by atoms with Gasteiger partial charge in [-0.2, -0.15) is 4.98 Å². The van der Waals surface area contributed by atoms with Gasteiger partial charge in [-0.1, -0.05) is 48.5 Å². The number of aliphatic carboxylic acids is 1. The maximum absolute atomic E-state index is 13.3. The first-order chi connectivity index (χ1) is 18.3. The third-order valence-electron chi connectivity index (χ3n) is 6.26. The summed E-state index contributed by atoms with van der Waals surface area (Å²) in [5, 5.41) is 13.3. The first kappa shape index (κ1) is 24.3. The molecule has 0 bridgehead atoms. The minimum atomic E-state index is -1.12. The molecule has 38 heavy (non-hydrogen) atoms. The van der Waals surface area contributed by atoms with Gasteiger partial charge < -0.3 is 16.2 Å². The molecule has 10 heteroatoms. The molecule has 0 aliphatic carbocycles. The van der Waals surface area contributed by atoms with E-state index in [1.54, 1.807) is 55.5 Å². The third-order valence-corrected chi connectivity index (χ3v) is 6.26. The fraction of sp³-hybridized carbons (Fsp3) is 0.0714. The number of aromatic nitrogens is 2. The Morgan fingerprint density at radius 2 is 1.61 bits per heavy atom. The number of amides is 1. The minimum Gasteiger partial charge on any atom is -0.478 e. The van der Waals surface area contributed by atoms with Crippen LogP contribution in [-0.4, -0.2) is 26.5 Å². The average molecular weight is 509 g/mol. The van der Waals surface area contributed by atoms with Crippen molar-refractivity contribution >= 4 is 29.2 Å². The number of benzene rings is 3. The molecule has 0 saturated heterocycles. The smallest absolute Gasteiger partial charge is 0.355 e. The summed E-state index contributed by atoms with van der Waals surface area (Å²) < 4.78 is 1.39. The number of rotatable bonds is 6. The molecule has 1 aliphatic rings. The van der Waals surface area contributed by atoms with Gasteiger partial charge in [-0.05, 0) is 48.9 Å². The summed E-state index contributed by atoms with van der Waals surface area (Å²) >= 11 is 0. The number of hydrazine groups is 1. The zero-order valence-electron chi connectivity index (χ0n) is 20.3. The van der Waals surface area contributed by atoms with Crippen LogP contribution in [0.1, 0.15) is 34.3 Å². The van der Waals surface area contributed by atoms with Crippen molar-refractivity contribution in [3.05, 3.63) is 123 Å². The van der Waals surface area contributed by atoms with Crippen LogP contribution in [0.15, 0.2) is 101 Å².